The fraction of sp³-hybridized carbons (Fsp3) is 0.556. The molecule has 0 aliphatic carbocycles. The number of hydrogen-bond donors (Lipinski definition) is 0. The van der Waals surface area contributed by atoms with Crippen LogP contribution in [0.5, 0.6) is 0 Å². The van der Waals surface area contributed by atoms with Crippen LogP contribution in [0, 0.1) is 0 Å². The second-order valence-corrected chi connectivity index (χ2v) is 2.97. The molecule has 0 fully saturated rings. The van der Waals surface area contributed by atoms with Gasteiger partial charge in [0.15, 0.2) is 0 Å². The summed E-state index contributed by atoms with van der Waals surface area (Å²) in [5, 5.41) is 0. The van der Waals surface area contributed by atoms with Gasteiger partial charge in [-0.15, -0.1) is 0 Å². The Bertz CT molecular complexity index is 236. The first kappa shape index (κ1) is 9.77. The van der Waals surface area contributed by atoms with E-state index in [1.807, 2.05) is 4.90 Å². The van der Waals surface area contributed by atoms with Gasteiger partial charge >= 0.3 is 5.97 Å². The number of carbonyl (C=O) groups excluding carboxylic acids is 1. The number of aliphatic imine (C=N–C) groups is 1. The smallest absolute Gasteiger partial charge is 0.333 e. The third-order valence-corrected chi connectivity index (χ3v) is 1.72. The van der Waals surface area contributed by atoms with Crippen molar-refractivity contribution in [3.05, 3.63) is 12.2 Å². The van der Waals surface area contributed by atoms with Crippen LogP contribution in [0.1, 0.15) is 6.92 Å². The summed E-state index contributed by atoms with van der Waals surface area (Å²) in [5.41, 5.74) is 0.440. The molecule has 0 radical (unpaired) electrons. The number of carbonyl (C=O) groups is 1. The van der Waals surface area contributed by atoms with E-state index in [0.717, 1.165) is 13.1 Å². The van der Waals surface area contributed by atoms with Gasteiger partial charge in [-0.05, 0) is 6.92 Å². The molecule has 1 aliphatic rings. The molecule has 4 heteroatoms. The van der Waals surface area contributed by atoms with Gasteiger partial charge in [-0.1, -0.05) is 6.58 Å². The van der Waals surface area contributed by atoms with E-state index < -0.39 is 0 Å². The molecule has 0 aromatic carbocycles. The van der Waals surface area contributed by atoms with Crippen molar-refractivity contribution < 1.29 is 9.53 Å². The van der Waals surface area contributed by atoms with Crippen molar-refractivity contribution in [1.82, 2.24) is 4.90 Å². The Balaban J connectivity index is 2.10. The van der Waals surface area contributed by atoms with Crippen LogP contribution in [0.3, 0.4) is 0 Å². The van der Waals surface area contributed by atoms with Crippen LogP contribution in [0.4, 0.5) is 0 Å². The minimum Gasteiger partial charge on any atom is -0.460 e. The topological polar surface area (TPSA) is 41.9 Å². The Hall–Kier alpha value is -1.32. The summed E-state index contributed by atoms with van der Waals surface area (Å²) in [6.07, 6.45) is 1.79. The van der Waals surface area contributed by atoms with Gasteiger partial charge in [0.2, 0.25) is 0 Å². The van der Waals surface area contributed by atoms with Gasteiger partial charge in [0.05, 0.1) is 19.4 Å². The molecule has 0 aromatic rings. The van der Waals surface area contributed by atoms with E-state index in [4.69, 9.17) is 4.74 Å². The predicted octanol–water partition coefficient (Wildman–Crippen LogP) is 0.450. The highest BCUT2D eigenvalue weighted by Gasteiger charge is 2.07. The summed E-state index contributed by atoms with van der Waals surface area (Å²) < 4.78 is 4.92. The molecule has 72 valence electrons. The first-order valence-corrected chi connectivity index (χ1v) is 4.27. The normalized spacial score (nSPS) is 14.7. The van der Waals surface area contributed by atoms with Crippen LogP contribution in [-0.4, -0.2) is 43.4 Å². The van der Waals surface area contributed by atoms with E-state index in [-0.39, 0.29) is 5.97 Å². The molecule has 0 amide bonds. The van der Waals surface area contributed by atoms with Crippen LogP contribution >= 0.6 is 0 Å². The molecule has 0 unspecified atom stereocenters. The van der Waals surface area contributed by atoms with Crippen molar-refractivity contribution >= 4 is 12.3 Å². The maximum absolute atomic E-state index is 10.9. The summed E-state index contributed by atoms with van der Waals surface area (Å²) in [7, 11) is 0. The monoisotopic (exact) mass is 182 g/mol. The third-order valence-electron chi connectivity index (χ3n) is 1.72. The highest BCUT2D eigenvalue weighted by molar-refractivity contribution is 5.86. The summed E-state index contributed by atoms with van der Waals surface area (Å²) in [5.74, 6) is -0.323. The maximum Gasteiger partial charge on any atom is 0.333 e. The van der Waals surface area contributed by atoms with Gasteiger partial charge in [0.1, 0.15) is 6.61 Å². The van der Waals surface area contributed by atoms with Crippen molar-refractivity contribution in [2.75, 3.05) is 26.2 Å². The lowest BCUT2D eigenvalue weighted by Gasteiger charge is -2.13. The zero-order valence-electron chi connectivity index (χ0n) is 7.82. The predicted molar refractivity (Wildman–Crippen MR) is 50.7 cm³/mol. The first-order chi connectivity index (χ1) is 6.20. The second-order valence-electron chi connectivity index (χ2n) is 2.97. The van der Waals surface area contributed by atoms with Gasteiger partial charge in [0, 0.05) is 12.1 Å². The van der Waals surface area contributed by atoms with Crippen LogP contribution in [0.2, 0.25) is 0 Å². The average Bonchev–Trinajstić information content (AvgIpc) is 2.56. The van der Waals surface area contributed by atoms with Gasteiger partial charge in [0.25, 0.3) is 0 Å². The molecule has 0 atom stereocenters. The molecule has 0 bridgehead atoms. The molecule has 0 spiro atoms. The van der Waals surface area contributed by atoms with Crippen molar-refractivity contribution in [2.45, 2.75) is 6.92 Å². The minimum atomic E-state index is -0.323. The van der Waals surface area contributed by atoms with Crippen LogP contribution in [0.15, 0.2) is 17.1 Å². The zero-order chi connectivity index (χ0) is 9.68. The number of nitrogens with zero attached hydrogens (tertiary/aromatic N) is 2. The Labute approximate surface area is 77.9 Å². The minimum absolute atomic E-state index is 0.323. The van der Waals surface area contributed by atoms with Crippen molar-refractivity contribution in [1.29, 1.82) is 0 Å². The average molecular weight is 182 g/mol. The lowest BCUT2D eigenvalue weighted by molar-refractivity contribution is -0.139. The maximum atomic E-state index is 10.9. The van der Waals surface area contributed by atoms with Crippen molar-refractivity contribution in [3.63, 3.8) is 0 Å². The summed E-state index contributed by atoms with van der Waals surface area (Å²) >= 11 is 0. The Morgan fingerprint density at radius 1 is 1.77 bits per heavy atom. The molecule has 1 aliphatic heterocycles. The SMILES string of the molecule is C=C(C)C(=O)OCCN1C=NCC1. The Morgan fingerprint density at radius 2 is 2.54 bits per heavy atom. The molecule has 0 N–H and O–H groups in total. The lowest BCUT2D eigenvalue weighted by atomic mass is 10.4. The van der Waals surface area contributed by atoms with Gasteiger partial charge in [-0.25, -0.2) is 4.79 Å². The van der Waals surface area contributed by atoms with Crippen molar-refractivity contribution in [3.8, 4) is 0 Å². The molecule has 4 nitrogen and oxygen atoms in total. The molecule has 13 heavy (non-hydrogen) atoms. The lowest BCUT2D eigenvalue weighted by Crippen LogP contribution is -2.25. The summed E-state index contributed by atoms with van der Waals surface area (Å²) in [6, 6.07) is 0. The first-order valence-electron chi connectivity index (χ1n) is 4.27. The van der Waals surface area contributed by atoms with E-state index >= 15 is 0 Å². The molecule has 0 aromatic heterocycles. The van der Waals surface area contributed by atoms with Crippen LogP contribution in [0.25, 0.3) is 0 Å². The fourth-order valence-electron chi connectivity index (χ4n) is 0.965. The quantitative estimate of drug-likeness (QED) is 0.468. The van der Waals surface area contributed by atoms with E-state index in [9.17, 15) is 4.79 Å². The fourth-order valence-corrected chi connectivity index (χ4v) is 0.965. The second kappa shape index (κ2) is 4.64. The Morgan fingerprint density at radius 3 is 3.08 bits per heavy atom. The number of esters is 1. The highest BCUT2D eigenvalue weighted by atomic mass is 16.5. The van der Waals surface area contributed by atoms with Gasteiger partial charge in [-0.2, -0.15) is 0 Å². The molecule has 1 heterocycles. The van der Waals surface area contributed by atoms with Crippen molar-refractivity contribution in [2.24, 2.45) is 4.99 Å². The zero-order valence-corrected chi connectivity index (χ0v) is 7.82. The summed E-state index contributed by atoms with van der Waals surface area (Å²) in [4.78, 5) is 17.0. The van der Waals surface area contributed by atoms with Crippen LogP contribution in [-0.2, 0) is 9.53 Å². The summed E-state index contributed by atoms with van der Waals surface area (Å²) in [6.45, 7) is 8.00. The molecular formula is C9H14N2O2. The van der Waals surface area contributed by atoms with Gasteiger partial charge in [-0.3, -0.25) is 4.99 Å². The van der Waals surface area contributed by atoms with E-state index in [0.29, 0.717) is 18.7 Å². The molecule has 0 saturated carbocycles. The highest BCUT2D eigenvalue weighted by Crippen LogP contribution is 1.95. The molecular weight excluding hydrogens is 168 g/mol. The molecule has 0 saturated heterocycles. The van der Waals surface area contributed by atoms with Crippen LogP contribution < -0.4 is 0 Å². The third kappa shape index (κ3) is 3.27. The van der Waals surface area contributed by atoms with E-state index in [2.05, 4.69) is 11.6 Å². The molecule has 1 rings (SSSR count). The standard InChI is InChI=1S/C9H14N2O2/c1-8(2)9(12)13-6-5-11-4-3-10-7-11/h7H,1,3-6H2,2H3. The largest absolute Gasteiger partial charge is 0.460 e. The number of hydrogen-bond acceptors (Lipinski definition) is 4. The van der Waals surface area contributed by atoms with E-state index in [1.54, 1.807) is 13.3 Å². The van der Waals surface area contributed by atoms with Gasteiger partial charge < -0.3 is 9.64 Å². The van der Waals surface area contributed by atoms with E-state index in [1.165, 1.54) is 0 Å². The number of ether oxygens (including phenoxy) is 1. The number of rotatable bonds is 4. The Kier molecular flexibility index (Phi) is 3.49.